The Morgan fingerprint density at radius 2 is 1.53 bits per heavy atom. The molecular weight excluding hydrogens is 236 g/mol. The van der Waals surface area contributed by atoms with E-state index >= 15 is 0 Å². The van der Waals surface area contributed by atoms with Gasteiger partial charge in [0.05, 0.1) is 12.5 Å². The van der Waals surface area contributed by atoms with Gasteiger partial charge in [0, 0.05) is 0 Å². The zero-order valence-electron chi connectivity index (χ0n) is 10.9. The van der Waals surface area contributed by atoms with Gasteiger partial charge in [-0.05, 0) is 29.5 Å². The summed E-state index contributed by atoms with van der Waals surface area (Å²) in [5, 5.41) is 0. The van der Waals surface area contributed by atoms with Crippen molar-refractivity contribution in [1.29, 1.82) is 0 Å². The van der Waals surface area contributed by atoms with E-state index in [1.54, 1.807) is 0 Å². The largest absolute Gasteiger partial charge is 0.468 e. The molecule has 0 aliphatic heterocycles. The number of carbonyl (C=O) groups excluding carboxylic acids is 1. The quantitative estimate of drug-likeness (QED) is 0.781. The number of ether oxygens (including phenoxy) is 1. The number of carbonyl (C=O) groups is 1. The number of rotatable bonds is 3. The molecule has 2 aromatic rings. The molecule has 1 aliphatic carbocycles. The predicted octanol–water partition coefficient (Wildman–Crippen LogP) is 3.56. The number of benzene rings is 2. The molecular formula is C17H16O2. The molecule has 0 spiro atoms. The molecule has 2 aromatic carbocycles. The summed E-state index contributed by atoms with van der Waals surface area (Å²) >= 11 is 0. The standard InChI is InChI=1S/C17H16O2/c1-19-16(18)17(11-12-17)15-9-7-14(8-10-15)13-5-3-2-4-6-13/h2-10H,11-12H2,1H3. The molecule has 0 aromatic heterocycles. The van der Waals surface area contributed by atoms with E-state index in [-0.39, 0.29) is 11.4 Å². The molecule has 0 unspecified atom stereocenters. The van der Waals surface area contributed by atoms with Crippen LogP contribution in [0.4, 0.5) is 0 Å². The van der Waals surface area contributed by atoms with Gasteiger partial charge in [-0.2, -0.15) is 0 Å². The minimum absolute atomic E-state index is 0.111. The van der Waals surface area contributed by atoms with Crippen LogP contribution in [0, 0.1) is 0 Å². The summed E-state index contributed by atoms with van der Waals surface area (Å²) in [5.41, 5.74) is 3.06. The second-order valence-electron chi connectivity index (χ2n) is 5.02. The summed E-state index contributed by atoms with van der Waals surface area (Å²) in [6.45, 7) is 0. The second kappa shape index (κ2) is 4.54. The highest BCUT2D eigenvalue weighted by atomic mass is 16.5. The Balaban J connectivity index is 1.90. The molecule has 2 heteroatoms. The van der Waals surface area contributed by atoms with Crippen LogP contribution in [0.25, 0.3) is 11.1 Å². The number of esters is 1. The lowest BCUT2D eigenvalue weighted by molar-refractivity contribution is -0.143. The van der Waals surface area contributed by atoms with Gasteiger partial charge < -0.3 is 4.74 Å². The summed E-state index contributed by atoms with van der Waals surface area (Å²) in [6.07, 6.45) is 1.79. The Hall–Kier alpha value is -2.09. The van der Waals surface area contributed by atoms with Crippen molar-refractivity contribution in [1.82, 2.24) is 0 Å². The van der Waals surface area contributed by atoms with Gasteiger partial charge in [0.1, 0.15) is 0 Å². The maximum atomic E-state index is 11.8. The molecule has 0 radical (unpaired) electrons. The van der Waals surface area contributed by atoms with Gasteiger partial charge in [-0.25, -0.2) is 0 Å². The molecule has 0 bridgehead atoms. The summed E-state index contributed by atoms with van der Waals surface area (Å²) in [4.78, 5) is 11.8. The van der Waals surface area contributed by atoms with Crippen LogP contribution in [-0.4, -0.2) is 13.1 Å². The van der Waals surface area contributed by atoms with Crippen molar-refractivity contribution in [3.8, 4) is 11.1 Å². The highest BCUT2D eigenvalue weighted by Crippen LogP contribution is 2.49. The van der Waals surface area contributed by atoms with Gasteiger partial charge in [0.15, 0.2) is 0 Å². The zero-order chi connectivity index (χ0) is 13.3. The van der Waals surface area contributed by atoms with Crippen LogP contribution >= 0.6 is 0 Å². The Bertz CT molecular complexity index is 580. The van der Waals surface area contributed by atoms with E-state index in [9.17, 15) is 4.79 Å². The van der Waals surface area contributed by atoms with Crippen LogP contribution in [0.2, 0.25) is 0 Å². The maximum absolute atomic E-state index is 11.8. The van der Waals surface area contributed by atoms with Crippen LogP contribution in [-0.2, 0) is 14.9 Å². The fraction of sp³-hybridized carbons (Fsp3) is 0.235. The summed E-state index contributed by atoms with van der Waals surface area (Å²) in [6, 6.07) is 18.5. The first-order chi connectivity index (χ1) is 9.26. The average molecular weight is 252 g/mol. The van der Waals surface area contributed by atoms with E-state index in [1.165, 1.54) is 18.2 Å². The Labute approximate surface area is 113 Å². The number of hydrogen-bond acceptors (Lipinski definition) is 2. The number of methoxy groups -OCH3 is 1. The van der Waals surface area contributed by atoms with Crippen LogP contribution in [0.15, 0.2) is 54.6 Å². The molecule has 96 valence electrons. The Morgan fingerprint density at radius 3 is 2.05 bits per heavy atom. The summed E-state index contributed by atoms with van der Waals surface area (Å²) in [5.74, 6) is -0.111. The first-order valence-electron chi connectivity index (χ1n) is 6.51. The van der Waals surface area contributed by atoms with E-state index in [2.05, 4.69) is 24.3 Å². The predicted molar refractivity (Wildman–Crippen MR) is 74.8 cm³/mol. The molecule has 0 heterocycles. The van der Waals surface area contributed by atoms with E-state index in [4.69, 9.17) is 4.74 Å². The monoisotopic (exact) mass is 252 g/mol. The van der Waals surface area contributed by atoms with E-state index in [0.717, 1.165) is 18.4 Å². The summed E-state index contributed by atoms with van der Waals surface area (Å²) < 4.78 is 4.91. The summed E-state index contributed by atoms with van der Waals surface area (Å²) in [7, 11) is 1.46. The van der Waals surface area contributed by atoms with Crippen LogP contribution in [0.5, 0.6) is 0 Å². The molecule has 1 aliphatic rings. The fourth-order valence-corrected chi connectivity index (χ4v) is 2.54. The van der Waals surface area contributed by atoms with E-state index < -0.39 is 0 Å². The number of hydrogen-bond donors (Lipinski definition) is 0. The average Bonchev–Trinajstić information content (AvgIpc) is 3.29. The molecule has 3 rings (SSSR count). The van der Waals surface area contributed by atoms with Crippen LogP contribution < -0.4 is 0 Å². The van der Waals surface area contributed by atoms with Crippen molar-refractivity contribution in [2.24, 2.45) is 0 Å². The lowest BCUT2D eigenvalue weighted by Crippen LogP contribution is -2.21. The SMILES string of the molecule is COC(=O)C1(c2ccc(-c3ccccc3)cc2)CC1. The van der Waals surface area contributed by atoms with Gasteiger partial charge in [-0.1, -0.05) is 54.6 Å². The molecule has 0 saturated heterocycles. The molecule has 1 saturated carbocycles. The first-order valence-corrected chi connectivity index (χ1v) is 6.51. The third kappa shape index (κ3) is 2.03. The van der Waals surface area contributed by atoms with Crippen molar-refractivity contribution in [3.63, 3.8) is 0 Å². The lowest BCUT2D eigenvalue weighted by atomic mass is 9.94. The highest BCUT2D eigenvalue weighted by Gasteiger charge is 2.52. The topological polar surface area (TPSA) is 26.3 Å². The van der Waals surface area contributed by atoms with Crippen LogP contribution in [0.1, 0.15) is 18.4 Å². The second-order valence-corrected chi connectivity index (χ2v) is 5.02. The molecule has 0 N–H and O–H groups in total. The van der Waals surface area contributed by atoms with Crippen LogP contribution in [0.3, 0.4) is 0 Å². The normalized spacial score (nSPS) is 15.8. The van der Waals surface area contributed by atoms with E-state index in [0.29, 0.717) is 0 Å². The maximum Gasteiger partial charge on any atom is 0.316 e. The molecule has 1 fully saturated rings. The fourth-order valence-electron chi connectivity index (χ4n) is 2.54. The molecule has 0 amide bonds. The third-order valence-electron chi connectivity index (χ3n) is 3.87. The minimum Gasteiger partial charge on any atom is -0.468 e. The smallest absolute Gasteiger partial charge is 0.316 e. The molecule has 0 atom stereocenters. The first kappa shape index (κ1) is 12.0. The van der Waals surface area contributed by atoms with E-state index in [1.807, 2.05) is 30.3 Å². The Kier molecular flexibility index (Phi) is 2.86. The van der Waals surface area contributed by atoms with Gasteiger partial charge in [-0.15, -0.1) is 0 Å². The van der Waals surface area contributed by atoms with Gasteiger partial charge >= 0.3 is 5.97 Å². The molecule has 19 heavy (non-hydrogen) atoms. The molecule has 2 nitrogen and oxygen atoms in total. The van der Waals surface area contributed by atoms with Crippen molar-refractivity contribution in [3.05, 3.63) is 60.2 Å². The lowest BCUT2D eigenvalue weighted by Gasteiger charge is -2.13. The highest BCUT2D eigenvalue weighted by molar-refractivity contribution is 5.86. The van der Waals surface area contributed by atoms with Crippen molar-refractivity contribution >= 4 is 5.97 Å². The zero-order valence-corrected chi connectivity index (χ0v) is 10.9. The van der Waals surface area contributed by atoms with Gasteiger partial charge in [0.25, 0.3) is 0 Å². The Morgan fingerprint density at radius 1 is 0.947 bits per heavy atom. The van der Waals surface area contributed by atoms with Crippen molar-refractivity contribution in [2.45, 2.75) is 18.3 Å². The minimum atomic E-state index is -0.371. The van der Waals surface area contributed by atoms with Gasteiger partial charge in [-0.3, -0.25) is 4.79 Å². The third-order valence-corrected chi connectivity index (χ3v) is 3.87. The van der Waals surface area contributed by atoms with Crippen molar-refractivity contribution in [2.75, 3.05) is 7.11 Å². The van der Waals surface area contributed by atoms with Crippen molar-refractivity contribution < 1.29 is 9.53 Å². The van der Waals surface area contributed by atoms with Gasteiger partial charge in [0.2, 0.25) is 0 Å².